The lowest BCUT2D eigenvalue weighted by atomic mass is 10.2. The van der Waals surface area contributed by atoms with Crippen molar-refractivity contribution in [3.05, 3.63) is 45.9 Å². The number of sulfone groups is 1. The van der Waals surface area contributed by atoms with Crippen molar-refractivity contribution in [1.29, 1.82) is 0 Å². The minimum Gasteiger partial charge on any atom is -0.339 e. The fourth-order valence-electron chi connectivity index (χ4n) is 2.13. The molecule has 2 aromatic heterocycles. The molecule has 0 radical (unpaired) electrons. The van der Waals surface area contributed by atoms with E-state index in [-0.39, 0.29) is 34.4 Å². The van der Waals surface area contributed by atoms with E-state index in [1.165, 1.54) is 29.5 Å². The number of carbonyl (C=O) groups excluding carboxylic acids is 1. The molecule has 3 rings (SSSR count). The van der Waals surface area contributed by atoms with E-state index < -0.39 is 9.84 Å². The van der Waals surface area contributed by atoms with Crippen LogP contribution in [0, 0.1) is 0 Å². The van der Waals surface area contributed by atoms with Crippen molar-refractivity contribution in [3.8, 4) is 11.4 Å². The van der Waals surface area contributed by atoms with Crippen LogP contribution in [0.2, 0.25) is 5.02 Å². The number of hydrogen-bond donors (Lipinski definition) is 1. The predicted octanol–water partition coefficient (Wildman–Crippen LogP) is 3.43. The highest BCUT2D eigenvalue weighted by atomic mass is 35.5. The lowest BCUT2D eigenvalue weighted by Crippen LogP contribution is -2.13. The van der Waals surface area contributed by atoms with Crippen LogP contribution in [0.5, 0.6) is 0 Å². The summed E-state index contributed by atoms with van der Waals surface area (Å²) in [6, 6.07) is 6.02. The van der Waals surface area contributed by atoms with Gasteiger partial charge in [-0.3, -0.25) is 4.79 Å². The molecule has 26 heavy (non-hydrogen) atoms. The summed E-state index contributed by atoms with van der Waals surface area (Å²) in [7, 11) is -3.39. The third-order valence-corrected chi connectivity index (χ3v) is 5.58. The topological polar surface area (TPSA) is 102 Å². The Hall–Kier alpha value is -2.23. The molecule has 1 aromatic carbocycles. The van der Waals surface area contributed by atoms with Crippen LogP contribution in [0.4, 0.5) is 5.69 Å². The van der Waals surface area contributed by atoms with Gasteiger partial charge in [0.25, 0.3) is 0 Å². The number of carbonyl (C=O) groups is 1. The molecule has 0 atom stereocenters. The zero-order valence-corrected chi connectivity index (χ0v) is 16.0. The molecule has 0 fully saturated rings. The molecule has 7 nitrogen and oxygen atoms in total. The summed E-state index contributed by atoms with van der Waals surface area (Å²) < 4.78 is 28.4. The molecule has 1 N–H and O–H groups in total. The van der Waals surface area contributed by atoms with Crippen LogP contribution in [0.15, 0.2) is 44.4 Å². The first kappa shape index (κ1) is 18.6. The quantitative estimate of drug-likeness (QED) is 0.666. The molecule has 136 valence electrons. The number of hydrogen-bond acceptors (Lipinski definition) is 7. The van der Waals surface area contributed by atoms with Gasteiger partial charge >= 0.3 is 0 Å². The van der Waals surface area contributed by atoms with E-state index in [1.807, 2.05) is 16.8 Å². The fourth-order valence-corrected chi connectivity index (χ4v) is 3.58. The fraction of sp³-hybridized carbons (Fsp3) is 0.188. The van der Waals surface area contributed by atoms with Gasteiger partial charge in [-0.1, -0.05) is 16.8 Å². The van der Waals surface area contributed by atoms with E-state index >= 15 is 0 Å². The van der Waals surface area contributed by atoms with E-state index in [0.717, 1.165) is 11.8 Å². The molecule has 10 heteroatoms. The number of benzene rings is 1. The number of aromatic nitrogens is 2. The van der Waals surface area contributed by atoms with Crippen LogP contribution in [0.3, 0.4) is 0 Å². The van der Waals surface area contributed by atoms with E-state index in [2.05, 4.69) is 15.5 Å². The molecule has 0 aliphatic heterocycles. The first-order chi connectivity index (χ1) is 12.3. The zero-order valence-electron chi connectivity index (χ0n) is 13.6. The highest BCUT2D eigenvalue weighted by Gasteiger charge is 2.14. The third-order valence-electron chi connectivity index (χ3n) is 3.45. The van der Waals surface area contributed by atoms with Gasteiger partial charge in [0.2, 0.25) is 17.6 Å². The van der Waals surface area contributed by atoms with Crippen molar-refractivity contribution in [3.63, 3.8) is 0 Å². The zero-order chi connectivity index (χ0) is 18.7. The van der Waals surface area contributed by atoms with Crippen LogP contribution in [0.25, 0.3) is 11.4 Å². The van der Waals surface area contributed by atoms with Crippen molar-refractivity contribution in [1.82, 2.24) is 10.1 Å². The van der Waals surface area contributed by atoms with E-state index in [9.17, 15) is 13.2 Å². The Balaban J connectivity index is 1.63. The maximum Gasteiger partial charge on any atom is 0.227 e. The largest absolute Gasteiger partial charge is 0.339 e. The van der Waals surface area contributed by atoms with Gasteiger partial charge in [0.1, 0.15) is 0 Å². The van der Waals surface area contributed by atoms with E-state index in [4.69, 9.17) is 16.1 Å². The average molecular weight is 412 g/mol. The Labute approximate surface area is 158 Å². The summed E-state index contributed by atoms with van der Waals surface area (Å²) in [5.41, 5.74) is 1.10. The monoisotopic (exact) mass is 411 g/mol. The Bertz CT molecular complexity index is 1030. The number of thiophene rings is 1. The number of rotatable bonds is 6. The summed E-state index contributed by atoms with van der Waals surface area (Å²) in [6.45, 7) is 0. The van der Waals surface area contributed by atoms with Gasteiger partial charge in [-0.05, 0) is 29.6 Å². The maximum absolute atomic E-state index is 12.1. The Morgan fingerprint density at radius 1 is 1.35 bits per heavy atom. The first-order valence-corrected chi connectivity index (χ1v) is 10.7. The van der Waals surface area contributed by atoms with Crippen LogP contribution in [0.1, 0.15) is 12.3 Å². The van der Waals surface area contributed by atoms with E-state index in [0.29, 0.717) is 11.7 Å². The molecular formula is C16H14ClN3O4S2. The normalized spacial score (nSPS) is 11.5. The van der Waals surface area contributed by atoms with Crippen molar-refractivity contribution < 1.29 is 17.7 Å². The van der Waals surface area contributed by atoms with Gasteiger partial charge in [0.15, 0.2) is 9.84 Å². The first-order valence-electron chi connectivity index (χ1n) is 7.47. The summed E-state index contributed by atoms with van der Waals surface area (Å²) in [5.74, 6) is 0.482. The minimum atomic E-state index is -3.39. The van der Waals surface area contributed by atoms with Gasteiger partial charge in [-0.2, -0.15) is 16.3 Å². The molecule has 0 saturated carbocycles. The molecule has 2 heterocycles. The molecule has 0 spiro atoms. The van der Waals surface area contributed by atoms with Crippen LogP contribution < -0.4 is 5.32 Å². The number of halogens is 1. The molecule has 0 unspecified atom stereocenters. The molecule has 1 amide bonds. The summed E-state index contributed by atoms with van der Waals surface area (Å²) >= 11 is 7.54. The molecule has 0 aliphatic rings. The SMILES string of the molecule is CS(=O)(=O)c1ccc(Cl)c(NC(=O)CCc2nc(-c3ccsc3)no2)c1. The van der Waals surface area contributed by atoms with Crippen molar-refractivity contribution in [2.75, 3.05) is 11.6 Å². The number of aryl methyl sites for hydroxylation is 1. The van der Waals surface area contributed by atoms with Gasteiger partial charge in [0.05, 0.1) is 15.6 Å². The van der Waals surface area contributed by atoms with Gasteiger partial charge in [-0.15, -0.1) is 0 Å². The van der Waals surface area contributed by atoms with Crippen molar-refractivity contribution in [2.24, 2.45) is 0 Å². The number of nitrogens with zero attached hydrogens (tertiary/aromatic N) is 2. The number of anilines is 1. The molecule has 0 saturated heterocycles. The van der Waals surface area contributed by atoms with Gasteiger partial charge in [0, 0.05) is 30.0 Å². The second-order valence-electron chi connectivity index (χ2n) is 5.49. The number of nitrogens with one attached hydrogen (secondary N) is 1. The highest BCUT2D eigenvalue weighted by Crippen LogP contribution is 2.25. The summed E-state index contributed by atoms with van der Waals surface area (Å²) in [5, 5.41) is 10.5. The van der Waals surface area contributed by atoms with Crippen molar-refractivity contribution >= 4 is 44.4 Å². The molecule has 3 aromatic rings. The molecule has 0 bridgehead atoms. The van der Waals surface area contributed by atoms with Crippen LogP contribution in [-0.4, -0.2) is 30.7 Å². The van der Waals surface area contributed by atoms with Crippen LogP contribution >= 0.6 is 22.9 Å². The average Bonchev–Trinajstić information content (AvgIpc) is 3.25. The third kappa shape index (κ3) is 4.48. The summed E-state index contributed by atoms with van der Waals surface area (Å²) in [6.07, 6.45) is 1.43. The van der Waals surface area contributed by atoms with E-state index in [1.54, 1.807) is 0 Å². The number of amides is 1. The second kappa shape index (κ2) is 7.56. The van der Waals surface area contributed by atoms with Crippen molar-refractivity contribution in [2.45, 2.75) is 17.7 Å². The highest BCUT2D eigenvalue weighted by molar-refractivity contribution is 7.90. The smallest absolute Gasteiger partial charge is 0.227 e. The van der Waals surface area contributed by atoms with Gasteiger partial charge < -0.3 is 9.84 Å². The Morgan fingerprint density at radius 2 is 2.15 bits per heavy atom. The summed E-state index contributed by atoms with van der Waals surface area (Å²) in [4.78, 5) is 16.4. The molecular weight excluding hydrogens is 398 g/mol. The minimum absolute atomic E-state index is 0.0782. The second-order valence-corrected chi connectivity index (χ2v) is 8.69. The van der Waals surface area contributed by atoms with Gasteiger partial charge in [-0.25, -0.2) is 8.42 Å². The standard InChI is InChI=1S/C16H14ClN3O4S2/c1-26(22,23)11-2-3-12(17)13(8-11)18-14(21)4-5-15-19-16(20-24-15)10-6-7-25-9-10/h2-3,6-9H,4-5H2,1H3,(H,18,21). The molecule has 0 aliphatic carbocycles. The lowest BCUT2D eigenvalue weighted by Gasteiger charge is -2.08. The maximum atomic E-state index is 12.1. The predicted molar refractivity (Wildman–Crippen MR) is 99.1 cm³/mol. The Kier molecular flexibility index (Phi) is 5.40. The Morgan fingerprint density at radius 3 is 2.85 bits per heavy atom. The lowest BCUT2D eigenvalue weighted by molar-refractivity contribution is -0.116. The van der Waals surface area contributed by atoms with Crippen LogP contribution in [-0.2, 0) is 21.1 Å².